The molecule has 0 amide bonds. The van der Waals surface area contributed by atoms with Crippen molar-refractivity contribution in [3.05, 3.63) is 58.8 Å². The van der Waals surface area contributed by atoms with Gasteiger partial charge < -0.3 is 4.42 Å². The minimum absolute atomic E-state index is 0.274. The molecule has 1 aromatic heterocycles. The average Bonchev–Trinajstić information content (AvgIpc) is 2.65. The van der Waals surface area contributed by atoms with Crippen LogP contribution in [-0.4, -0.2) is 0 Å². The van der Waals surface area contributed by atoms with Crippen LogP contribution < -0.4 is 11.3 Å². The number of benzene rings is 1. The van der Waals surface area contributed by atoms with Gasteiger partial charge in [-0.2, -0.15) is 0 Å². The zero-order chi connectivity index (χ0) is 12.4. The molecule has 0 bridgehead atoms. The van der Waals surface area contributed by atoms with E-state index in [0.29, 0.717) is 5.76 Å². The van der Waals surface area contributed by atoms with Gasteiger partial charge in [0.2, 0.25) is 0 Å². The van der Waals surface area contributed by atoms with Gasteiger partial charge in [-0.3, -0.25) is 5.84 Å². The van der Waals surface area contributed by atoms with Gasteiger partial charge in [0, 0.05) is 0 Å². The molecule has 0 aliphatic rings. The molecule has 0 fully saturated rings. The van der Waals surface area contributed by atoms with Crippen LogP contribution in [0.5, 0.6) is 0 Å². The highest BCUT2D eigenvalue weighted by Crippen LogP contribution is 2.26. The fourth-order valence-corrected chi connectivity index (χ4v) is 1.93. The zero-order valence-electron chi connectivity index (χ0n) is 9.83. The molecule has 2 rings (SSSR count). The van der Waals surface area contributed by atoms with Crippen LogP contribution in [-0.2, 0) is 0 Å². The first-order valence-electron chi connectivity index (χ1n) is 5.39. The highest BCUT2D eigenvalue weighted by Gasteiger charge is 2.18. The van der Waals surface area contributed by atoms with E-state index in [2.05, 4.69) is 5.43 Å². The van der Waals surface area contributed by atoms with Gasteiger partial charge in [-0.15, -0.1) is 0 Å². The maximum atomic E-state index is 13.4. The fourth-order valence-electron chi connectivity index (χ4n) is 1.93. The lowest BCUT2D eigenvalue weighted by Crippen LogP contribution is -2.29. The van der Waals surface area contributed by atoms with E-state index in [-0.39, 0.29) is 11.9 Å². The molecular weight excluding hydrogens is 219 g/mol. The number of furan rings is 1. The van der Waals surface area contributed by atoms with Gasteiger partial charge in [-0.25, -0.2) is 9.82 Å². The molecule has 1 unspecified atom stereocenters. The number of nitrogens with one attached hydrogen (secondary N) is 1. The van der Waals surface area contributed by atoms with Crippen molar-refractivity contribution in [3.63, 3.8) is 0 Å². The lowest BCUT2D eigenvalue weighted by atomic mass is 10.0. The van der Waals surface area contributed by atoms with Crippen molar-refractivity contribution in [2.24, 2.45) is 5.84 Å². The lowest BCUT2D eigenvalue weighted by Gasteiger charge is -2.15. The summed E-state index contributed by atoms with van der Waals surface area (Å²) in [6.07, 6.45) is 1.60. The molecule has 4 heteroatoms. The second-order valence-corrected chi connectivity index (χ2v) is 4.13. The number of hydrogen-bond acceptors (Lipinski definition) is 3. The van der Waals surface area contributed by atoms with E-state index in [0.717, 1.165) is 16.7 Å². The van der Waals surface area contributed by atoms with E-state index >= 15 is 0 Å². The molecule has 1 atom stereocenters. The standard InChI is InChI=1S/C13H15FN2O/c1-8-5-10(7-11(14)6-8)12(16-15)13-9(2)3-4-17-13/h3-7,12,16H,15H2,1-2H3. The summed E-state index contributed by atoms with van der Waals surface area (Å²) in [4.78, 5) is 0. The maximum absolute atomic E-state index is 13.4. The third-order valence-corrected chi connectivity index (χ3v) is 2.73. The van der Waals surface area contributed by atoms with Crippen LogP contribution in [0.15, 0.2) is 34.9 Å². The number of aryl methyl sites for hydroxylation is 2. The van der Waals surface area contributed by atoms with Gasteiger partial charge in [-0.1, -0.05) is 6.07 Å². The first-order chi connectivity index (χ1) is 8.11. The lowest BCUT2D eigenvalue weighted by molar-refractivity contribution is 0.448. The molecule has 2 aromatic rings. The van der Waals surface area contributed by atoms with Crippen molar-refractivity contribution >= 4 is 0 Å². The normalized spacial score (nSPS) is 12.7. The summed E-state index contributed by atoms with van der Waals surface area (Å²) >= 11 is 0. The highest BCUT2D eigenvalue weighted by molar-refractivity contribution is 5.33. The molecule has 17 heavy (non-hydrogen) atoms. The second-order valence-electron chi connectivity index (χ2n) is 4.13. The summed E-state index contributed by atoms with van der Waals surface area (Å²) in [6.45, 7) is 3.77. The Morgan fingerprint density at radius 1 is 1.29 bits per heavy atom. The van der Waals surface area contributed by atoms with Crippen molar-refractivity contribution in [2.75, 3.05) is 0 Å². The van der Waals surface area contributed by atoms with Gasteiger partial charge in [0.15, 0.2) is 0 Å². The van der Waals surface area contributed by atoms with E-state index in [1.807, 2.05) is 26.0 Å². The maximum Gasteiger partial charge on any atom is 0.129 e. The van der Waals surface area contributed by atoms with E-state index in [1.54, 1.807) is 6.26 Å². The first kappa shape index (κ1) is 11.8. The van der Waals surface area contributed by atoms with Crippen LogP contribution in [0.4, 0.5) is 4.39 Å². The van der Waals surface area contributed by atoms with Crippen molar-refractivity contribution < 1.29 is 8.81 Å². The quantitative estimate of drug-likeness (QED) is 0.634. The Balaban J connectivity index is 2.45. The van der Waals surface area contributed by atoms with Gasteiger partial charge >= 0.3 is 0 Å². The minimum atomic E-state index is -0.334. The third-order valence-electron chi connectivity index (χ3n) is 2.73. The zero-order valence-corrected chi connectivity index (χ0v) is 9.83. The molecule has 0 spiro atoms. The third kappa shape index (κ3) is 2.38. The highest BCUT2D eigenvalue weighted by atomic mass is 19.1. The number of rotatable bonds is 3. The predicted octanol–water partition coefficient (Wildman–Crippen LogP) is 2.59. The SMILES string of the molecule is Cc1cc(F)cc(C(NN)c2occc2C)c1. The van der Waals surface area contributed by atoms with Crippen molar-refractivity contribution in [1.29, 1.82) is 0 Å². The summed E-state index contributed by atoms with van der Waals surface area (Å²) in [5, 5.41) is 0. The summed E-state index contributed by atoms with van der Waals surface area (Å²) in [5.74, 6) is 5.96. The fraction of sp³-hybridized carbons (Fsp3) is 0.231. The van der Waals surface area contributed by atoms with Crippen molar-refractivity contribution in [2.45, 2.75) is 19.9 Å². The Morgan fingerprint density at radius 2 is 2.06 bits per heavy atom. The summed E-state index contributed by atoms with van der Waals surface area (Å²) in [7, 11) is 0. The monoisotopic (exact) mass is 234 g/mol. The number of hydrogen-bond donors (Lipinski definition) is 2. The number of hydrazine groups is 1. The molecule has 1 heterocycles. The van der Waals surface area contributed by atoms with E-state index in [1.165, 1.54) is 12.1 Å². The van der Waals surface area contributed by atoms with Crippen molar-refractivity contribution in [1.82, 2.24) is 5.43 Å². The summed E-state index contributed by atoms with van der Waals surface area (Å²) in [6, 6.07) is 6.34. The second kappa shape index (κ2) is 4.69. The number of nitrogens with two attached hydrogens (primary N) is 1. The Bertz CT molecular complexity index is 502. The summed E-state index contributed by atoms with van der Waals surface area (Å²) < 4.78 is 18.8. The number of halogens is 1. The van der Waals surface area contributed by atoms with Crippen LogP contribution in [0.1, 0.15) is 28.5 Å². The van der Waals surface area contributed by atoms with Crippen LogP contribution in [0, 0.1) is 19.7 Å². The molecule has 0 saturated heterocycles. The van der Waals surface area contributed by atoms with Crippen LogP contribution in [0.2, 0.25) is 0 Å². The van der Waals surface area contributed by atoms with Crippen LogP contribution >= 0.6 is 0 Å². The molecule has 3 nitrogen and oxygen atoms in total. The largest absolute Gasteiger partial charge is 0.467 e. The molecule has 0 aliphatic heterocycles. The van der Waals surface area contributed by atoms with E-state index in [4.69, 9.17) is 10.3 Å². The Labute approximate surface area is 99.4 Å². The van der Waals surface area contributed by atoms with E-state index in [9.17, 15) is 4.39 Å². The van der Waals surface area contributed by atoms with Crippen molar-refractivity contribution in [3.8, 4) is 0 Å². The molecule has 3 N–H and O–H groups in total. The Hall–Kier alpha value is -1.65. The topological polar surface area (TPSA) is 51.2 Å². The van der Waals surface area contributed by atoms with E-state index < -0.39 is 0 Å². The van der Waals surface area contributed by atoms with Crippen LogP contribution in [0.25, 0.3) is 0 Å². The Kier molecular flexibility index (Phi) is 3.26. The molecule has 90 valence electrons. The Morgan fingerprint density at radius 3 is 2.59 bits per heavy atom. The molecular formula is C13H15FN2O. The van der Waals surface area contributed by atoms with Gasteiger partial charge in [0.05, 0.1) is 6.26 Å². The minimum Gasteiger partial charge on any atom is -0.467 e. The van der Waals surface area contributed by atoms with Gasteiger partial charge in [-0.05, 0) is 48.7 Å². The molecule has 0 radical (unpaired) electrons. The molecule has 0 aliphatic carbocycles. The van der Waals surface area contributed by atoms with Gasteiger partial charge in [0.1, 0.15) is 17.6 Å². The summed E-state index contributed by atoms with van der Waals surface area (Å²) in [5.41, 5.74) is 5.24. The molecule has 1 aromatic carbocycles. The first-order valence-corrected chi connectivity index (χ1v) is 5.39. The van der Waals surface area contributed by atoms with Gasteiger partial charge in [0.25, 0.3) is 0 Å². The predicted molar refractivity (Wildman–Crippen MR) is 63.7 cm³/mol. The van der Waals surface area contributed by atoms with Crippen LogP contribution in [0.3, 0.4) is 0 Å². The average molecular weight is 234 g/mol. The smallest absolute Gasteiger partial charge is 0.129 e. The molecule has 0 saturated carbocycles.